The standard InChI is InChI=1S/C17H28N2O/c1-13-10-15(7-8-17(13)19(3)4)11-18-14(2)16-6-5-9-20-12-16/h7-8,10,14,16,18H,5-6,9,11-12H2,1-4H3. The van der Waals surface area contributed by atoms with Gasteiger partial charge in [0.05, 0.1) is 6.61 Å². The summed E-state index contributed by atoms with van der Waals surface area (Å²) >= 11 is 0. The Balaban J connectivity index is 1.88. The summed E-state index contributed by atoms with van der Waals surface area (Å²) in [6.07, 6.45) is 2.49. The average Bonchev–Trinajstić information content (AvgIpc) is 2.45. The highest BCUT2D eigenvalue weighted by Crippen LogP contribution is 2.20. The van der Waals surface area contributed by atoms with Crippen LogP contribution in [0.4, 0.5) is 5.69 Å². The van der Waals surface area contributed by atoms with Gasteiger partial charge in [0.2, 0.25) is 0 Å². The van der Waals surface area contributed by atoms with Gasteiger partial charge < -0.3 is 15.0 Å². The van der Waals surface area contributed by atoms with E-state index in [1.54, 1.807) is 0 Å². The summed E-state index contributed by atoms with van der Waals surface area (Å²) in [5.41, 5.74) is 3.99. The molecular weight excluding hydrogens is 248 g/mol. The minimum absolute atomic E-state index is 0.518. The maximum Gasteiger partial charge on any atom is 0.0509 e. The highest BCUT2D eigenvalue weighted by Gasteiger charge is 2.20. The third-order valence-corrected chi connectivity index (χ3v) is 4.27. The predicted molar refractivity (Wildman–Crippen MR) is 85.4 cm³/mol. The van der Waals surface area contributed by atoms with Crippen LogP contribution < -0.4 is 10.2 Å². The maximum atomic E-state index is 5.57. The van der Waals surface area contributed by atoms with Crippen LogP contribution in [0.3, 0.4) is 0 Å². The Morgan fingerprint density at radius 2 is 2.20 bits per heavy atom. The molecule has 1 aromatic rings. The summed E-state index contributed by atoms with van der Waals surface area (Å²) in [4.78, 5) is 2.16. The molecule has 1 N–H and O–H groups in total. The van der Waals surface area contributed by atoms with Crippen molar-refractivity contribution in [3.63, 3.8) is 0 Å². The molecule has 2 rings (SSSR count). The zero-order valence-electron chi connectivity index (χ0n) is 13.3. The van der Waals surface area contributed by atoms with E-state index in [4.69, 9.17) is 4.74 Å². The van der Waals surface area contributed by atoms with Crippen molar-refractivity contribution in [2.24, 2.45) is 5.92 Å². The highest BCUT2D eigenvalue weighted by atomic mass is 16.5. The lowest BCUT2D eigenvalue weighted by Crippen LogP contribution is -2.37. The smallest absolute Gasteiger partial charge is 0.0509 e. The van der Waals surface area contributed by atoms with E-state index in [9.17, 15) is 0 Å². The summed E-state index contributed by atoms with van der Waals surface area (Å²) in [5.74, 6) is 0.658. The lowest BCUT2D eigenvalue weighted by atomic mass is 9.95. The monoisotopic (exact) mass is 276 g/mol. The molecule has 2 unspecified atom stereocenters. The SMILES string of the molecule is Cc1cc(CNC(C)C2CCCOC2)ccc1N(C)C. The summed E-state index contributed by atoms with van der Waals surface area (Å²) in [7, 11) is 4.18. The summed E-state index contributed by atoms with van der Waals surface area (Å²) < 4.78 is 5.57. The molecule has 1 fully saturated rings. The van der Waals surface area contributed by atoms with Crippen LogP contribution in [0, 0.1) is 12.8 Å². The first-order valence-corrected chi connectivity index (χ1v) is 7.66. The number of ether oxygens (including phenoxy) is 1. The van der Waals surface area contributed by atoms with Crippen LogP contribution in [0.15, 0.2) is 18.2 Å². The number of rotatable bonds is 5. The van der Waals surface area contributed by atoms with E-state index in [2.05, 4.69) is 56.4 Å². The molecule has 1 heterocycles. The van der Waals surface area contributed by atoms with E-state index in [0.29, 0.717) is 12.0 Å². The molecular formula is C17H28N2O. The second-order valence-corrected chi connectivity index (χ2v) is 6.16. The number of nitrogens with one attached hydrogen (secondary N) is 1. The fraction of sp³-hybridized carbons (Fsp3) is 0.647. The van der Waals surface area contributed by atoms with Crippen molar-refractivity contribution < 1.29 is 4.74 Å². The molecule has 0 aromatic heterocycles. The van der Waals surface area contributed by atoms with Crippen LogP contribution >= 0.6 is 0 Å². The van der Waals surface area contributed by atoms with Gasteiger partial charge in [-0.05, 0) is 49.8 Å². The van der Waals surface area contributed by atoms with Gasteiger partial charge in [-0.1, -0.05) is 12.1 Å². The predicted octanol–water partition coefficient (Wildman–Crippen LogP) is 2.97. The molecule has 0 amide bonds. The van der Waals surface area contributed by atoms with Gasteiger partial charge in [-0.15, -0.1) is 0 Å². The largest absolute Gasteiger partial charge is 0.381 e. The van der Waals surface area contributed by atoms with Crippen LogP contribution in [0.1, 0.15) is 30.9 Å². The molecule has 1 aliphatic heterocycles. The zero-order valence-corrected chi connectivity index (χ0v) is 13.3. The number of benzene rings is 1. The molecule has 0 aliphatic carbocycles. The van der Waals surface area contributed by atoms with Crippen LogP contribution in [0.5, 0.6) is 0 Å². The Morgan fingerprint density at radius 3 is 2.80 bits per heavy atom. The highest BCUT2D eigenvalue weighted by molar-refractivity contribution is 5.53. The maximum absolute atomic E-state index is 5.57. The summed E-state index contributed by atoms with van der Waals surface area (Å²) in [5, 5.41) is 3.65. The van der Waals surface area contributed by atoms with Crippen molar-refractivity contribution in [2.75, 3.05) is 32.2 Å². The first kappa shape index (κ1) is 15.3. The zero-order chi connectivity index (χ0) is 14.5. The molecule has 3 heteroatoms. The lowest BCUT2D eigenvalue weighted by molar-refractivity contribution is 0.0417. The molecule has 1 saturated heterocycles. The van der Waals surface area contributed by atoms with E-state index in [0.717, 1.165) is 19.8 Å². The van der Waals surface area contributed by atoms with Gasteiger partial charge in [0.1, 0.15) is 0 Å². The second-order valence-electron chi connectivity index (χ2n) is 6.16. The average molecular weight is 276 g/mol. The van der Waals surface area contributed by atoms with Crippen molar-refractivity contribution in [1.82, 2.24) is 5.32 Å². The van der Waals surface area contributed by atoms with E-state index in [-0.39, 0.29) is 0 Å². The van der Waals surface area contributed by atoms with Crippen molar-refractivity contribution in [3.8, 4) is 0 Å². The van der Waals surface area contributed by atoms with Crippen molar-refractivity contribution in [2.45, 2.75) is 39.3 Å². The minimum atomic E-state index is 0.518. The Kier molecular flexibility index (Phi) is 5.44. The second kappa shape index (κ2) is 7.09. The quantitative estimate of drug-likeness (QED) is 0.895. The van der Waals surface area contributed by atoms with Gasteiger partial charge in [0.25, 0.3) is 0 Å². The number of anilines is 1. The van der Waals surface area contributed by atoms with E-state index >= 15 is 0 Å². The van der Waals surface area contributed by atoms with Gasteiger partial charge in [-0.25, -0.2) is 0 Å². The molecule has 1 aliphatic rings. The first-order valence-electron chi connectivity index (χ1n) is 7.66. The van der Waals surface area contributed by atoms with E-state index < -0.39 is 0 Å². The first-order chi connectivity index (χ1) is 9.58. The molecule has 0 spiro atoms. The molecule has 0 saturated carbocycles. The third kappa shape index (κ3) is 3.97. The van der Waals surface area contributed by atoms with Crippen LogP contribution in [0.25, 0.3) is 0 Å². The molecule has 3 nitrogen and oxygen atoms in total. The minimum Gasteiger partial charge on any atom is -0.381 e. The molecule has 2 atom stereocenters. The third-order valence-electron chi connectivity index (χ3n) is 4.27. The Hall–Kier alpha value is -1.06. The molecule has 1 aromatic carbocycles. The summed E-state index contributed by atoms with van der Waals surface area (Å²) in [6, 6.07) is 7.23. The number of aryl methyl sites for hydroxylation is 1. The van der Waals surface area contributed by atoms with Crippen molar-refractivity contribution in [1.29, 1.82) is 0 Å². The lowest BCUT2D eigenvalue weighted by Gasteiger charge is -2.28. The fourth-order valence-electron chi connectivity index (χ4n) is 2.93. The topological polar surface area (TPSA) is 24.5 Å². The van der Waals surface area contributed by atoms with Crippen LogP contribution in [-0.2, 0) is 11.3 Å². The van der Waals surface area contributed by atoms with Crippen molar-refractivity contribution >= 4 is 5.69 Å². The van der Waals surface area contributed by atoms with Crippen LogP contribution in [-0.4, -0.2) is 33.4 Å². The normalized spacial score (nSPS) is 20.7. The Bertz CT molecular complexity index is 425. The number of hydrogen-bond acceptors (Lipinski definition) is 3. The van der Waals surface area contributed by atoms with Gasteiger partial charge in [-0.3, -0.25) is 0 Å². The summed E-state index contributed by atoms with van der Waals surface area (Å²) in [6.45, 7) is 7.24. The number of hydrogen-bond donors (Lipinski definition) is 1. The van der Waals surface area contributed by atoms with Gasteiger partial charge in [0.15, 0.2) is 0 Å². The molecule has 0 bridgehead atoms. The van der Waals surface area contributed by atoms with E-state index in [1.165, 1.54) is 29.7 Å². The number of nitrogens with zero attached hydrogens (tertiary/aromatic N) is 1. The van der Waals surface area contributed by atoms with Gasteiger partial charge in [0, 0.05) is 39.0 Å². The fourth-order valence-corrected chi connectivity index (χ4v) is 2.93. The Labute approximate surface area is 123 Å². The molecule has 0 radical (unpaired) electrons. The van der Waals surface area contributed by atoms with Crippen molar-refractivity contribution in [3.05, 3.63) is 29.3 Å². The molecule has 20 heavy (non-hydrogen) atoms. The Morgan fingerprint density at radius 1 is 1.40 bits per heavy atom. The van der Waals surface area contributed by atoms with Gasteiger partial charge >= 0.3 is 0 Å². The molecule has 112 valence electrons. The van der Waals surface area contributed by atoms with Gasteiger partial charge in [-0.2, -0.15) is 0 Å². The van der Waals surface area contributed by atoms with E-state index in [1.807, 2.05) is 0 Å². The van der Waals surface area contributed by atoms with Crippen LogP contribution in [0.2, 0.25) is 0 Å².